The van der Waals surface area contributed by atoms with Crippen molar-refractivity contribution in [2.75, 3.05) is 0 Å². The summed E-state index contributed by atoms with van der Waals surface area (Å²) in [4.78, 5) is 10.7. The van der Waals surface area contributed by atoms with Crippen LogP contribution in [0.3, 0.4) is 0 Å². The van der Waals surface area contributed by atoms with Crippen molar-refractivity contribution in [1.82, 2.24) is 4.31 Å². The van der Waals surface area contributed by atoms with E-state index in [4.69, 9.17) is 5.11 Å². The van der Waals surface area contributed by atoms with Gasteiger partial charge >= 0.3 is 6.09 Å². The van der Waals surface area contributed by atoms with Gasteiger partial charge in [0.1, 0.15) is 5.82 Å². The van der Waals surface area contributed by atoms with Gasteiger partial charge in [0, 0.05) is 6.04 Å². The SMILES string of the molecule is CC(C)N(C(=O)O)S(=O)(=O)c1ccc(F)c(Br)c1. The van der Waals surface area contributed by atoms with Crippen molar-refractivity contribution >= 4 is 32.0 Å². The molecule has 0 fully saturated rings. The van der Waals surface area contributed by atoms with Gasteiger partial charge in [-0.1, -0.05) is 0 Å². The number of carboxylic acid groups (broad SMARTS) is 1. The minimum absolute atomic E-state index is 0.0438. The quantitative estimate of drug-likeness (QED) is 0.918. The van der Waals surface area contributed by atoms with E-state index < -0.39 is 28.0 Å². The summed E-state index contributed by atoms with van der Waals surface area (Å²) in [6.45, 7) is 2.87. The van der Waals surface area contributed by atoms with E-state index in [1.807, 2.05) is 0 Å². The van der Waals surface area contributed by atoms with Crippen LogP contribution in [0.2, 0.25) is 0 Å². The zero-order valence-electron chi connectivity index (χ0n) is 9.59. The standard InChI is InChI=1S/C10H11BrFNO4S/c1-6(2)13(10(14)15)18(16,17)7-3-4-9(12)8(11)5-7/h3-6H,1-2H3,(H,14,15). The van der Waals surface area contributed by atoms with Crippen molar-refractivity contribution in [2.45, 2.75) is 24.8 Å². The molecule has 0 aliphatic rings. The number of benzene rings is 1. The first-order valence-corrected chi connectivity index (χ1v) is 7.13. The number of nitrogens with zero attached hydrogens (tertiary/aromatic N) is 1. The maximum Gasteiger partial charge on any atom is 0.421 e. The Kier molecular flexibility index (Phi) is 4.33. The van der Waals surface area contributed by atoms with Gasteiger partial charge in [-0.25, -0.2) is 17.6 Å². The molecule has 8 heteroatoms. The fraction of sp³-hybridized carbons (Fsp3) is 0.300. The molecule has 1 rings (SSSR count). The molecule has 0 spiro atoms. The first-order valence-electron chi connectivity index (χ1n) is 4.90. The molecular weight excluding hydrogens is 329 g/mol. The van der Waals surface area contributed by atoms with Crippen molar-refractivity contribution in [3.63, 3.8) is 0 Å². The lowest BCUT2D eigenvalue weighted by atomic mass is 10.3. The van der Waals surface area contributed by atoms with Crippen molar-refractivity contribution in [3.05, 3.63) is 28.5 Å². The Morgan fingerprint density at radius 3 is 2.39 bits per heavy atom. The third-order valence-corrected chi connectivity index (χ3v) is 4.66. The largest absolute Gasteiger partial charge is 0.464 e. The molecular formula is C10H11BrFNO4S. The summed E-state index contributed by atoms with van der Waals surface area (Å²) in [5.41, 5.74) is 0. The molecule has 100 valence electrons. The highest BCUT2D eigenvalue weighted by molar-refractivity contribution is 9.10. The zero-order chi connectivity index (χ0) is 14.1. The van der Waals surface area contributed by atoms with Gasteiger partial charge in [-0.3, -0.25) is 0 Å². The molecule has 1 N–H and O–H groups in total. The average Bonchev–Trinajstić information content (AvgIpc) is 2.19. The number of halogens is 2. The van der Waals surface area contributed by atoms with Crippen LogP contribution in [0.15, 0.2) is 27.6 Å². The topological polar surface area (TPSA) is 74.7 Å². The molecule has 5 nitrogen and oxygen atoms in total. The van der Waals surface area contributed by atoms with E-state index >= 15 is 0 Å². The summed E-state index contributed by atoms with van der Waals surface area (Å²) >= 11 is 2.86. The van der Waals surface area contributed by atoms with E-state index in [-0.39, 0.29) is 9.37 Å². The smallest absolute Gasteiger partial charge is 0.421 e. The van der Waals surface area contributed by atoms with E-state index in [0.29, 0.717) is 4.31 Å². The van der Waals surface area contributed by atoms with Gasteiger partial charge in [0.15, 0.2) is 0 Å². The second-order valence-corrected chi connectivity index (χ2v) is 6.42. The van der Waals surface area contributed by atoms with Gasteiger partial charge in [0.2, 0.25) is 0 Å². The zero-order valence-corrected chi connectivity index (χ0v) is 12.0. The Labute approximate surface area is 112 Å². The van der Waals surface area contributed by atoms with Crippen LogP contribution in [-0.2, 0) is 10.0 Å². The second-order valence-electron chi connectivity index (χ2n) is 3.75. The fourth-order valence-corrected chi connectivity index (χ4v) is 3.38. The number of hydrogen-bond donors (Lipinski definition) is 1. The number of sulfonamides is 1. The van der Waals surface area contributed by atoms with Crippen molar-refractivity contribution in [2.24, 2.45) is 0 Å². The summed E-state index contributed by atoms with van der Waals surface area (Å²) in [6.07, 6.45) is -1.58. The average molecular weight is 340 g/mol. The molecule has 0 saturated carbocycles. The van der Waals surface area contributed by atoms with Crippen LogP contribution in [-0.4, -0.2) is 30.0 Å². The summed E-state index contributed by atoms with van der Waals surface area (Å²) in [7, 11) is -4.20. The molecule has 0 aliphatic heterocycles. The molecule has 1 aromatic carbocycles. The second kappa shape index (κ2) is 5.23. The molecule has 0 bridgehead atoms. The highest BCUT2D eigenvalue weighted by Gasteiger charge is 2.31. The molecule has 0 unspecified atom stereocenters. The molecule has 0 aliphatic carbocycles. The third-order valence-electron chi connectivity index (χ3n) is 2.11. The lowest BCUT2D eigenvalue weighted by Crippen LogP contribution is -2.40. The molecule has 1 amide bonds. The van der Waals surface area contributed by atoms with Crippen LogP contribution in [0.4, 0.5) is 9.18 Å². The minimum atomic E-state index is -4.20. The highest BCUT2D eigenvalue weighted by atomic mass is 79.9. The summed E-state index contributed by atoms with van der Waals surface area (Å²) in [5.74, 6) is -0.625. The first-order chi connectivity index (χ1) is 8.17. The Balaban J connectivity index is 3.36. The predicted octanol–water partition coefficient (Wildman–Crippen LogP) is 2.67. The number of carbonyl (C=O) groups is 1. The van der Waals surface area contributed by atoms with Crippen molar-refractivity contribution < 1.29 is 22.7 Å². The van der Waals surface area contributed by atoms with Crippen molar-refractivity contribution in [3.8, 4) is 0 Å². The first kappa shape index (κ1) is 14.9. The lowest BCUT2D eigenvalue weighted by molar-refractivity contribution is 0.165. The Hall–Kier alpha value is -1.15. The monoisotopic (exact) mass is 339 g/mol. The lowest BCUT2D eigenvalue weighted by Gasteiger charge is -2.22. The summed E-state index contributed by atoms with van der Waals surface area (Å²) in [6, 6.07) is 2.25. The number of hydrogen-bond acceptors (Lipinski definition) is 3. The van der Waals surface area contributed by atoms with Gasteiger partial charge < -0.3 is 5.11 Å². The molecule has 0 atom stereocenters. The number of rotatable bonds is 3. The van der Waals surface area contributed by atoms with E-state index in [1.54, 1.807) is 0 Å². The Morgan fingerprint density at radius 1 is 1.44 bits per heavy atom. The van der Waals surface area contributed by atoms with Crippen LogP contribution < -0.4 is 0 Å². The van der Waals surface area contributed by atoms with Gasteiger partial charge in [0.05, 0.1) is 9.37 Å². The van der Waals surface area contributed by atoms with E-state index in [0.717, 1.165) is 18.2 Å². The van der Waals surface area contributed by atoms with Crippen LogP contribution in [0.25, 0.3) is 0 Å². The molecule has 18 heavy (non-hydrogen) atoms. The normalized spacial score (nSPS) is 11.6. The highest BCUT2D eigenvalue weighted by Crippen LogP contribution is 2.24. The molecule has 0 aromatic heterocycles. The van der Waals surface area contributed by atoms with E-state index in [1.165, 1.54) is 13.8 Å². The Morgan fingerprint density at radius 2 is 2.00 bits per heavy atom. The molecule has 1 aromatic rings. The van der Waals surface area contributed by atoms with E-state index in [2.05, 4.69) is 15.9 Å². The van der Waals surface area contributed by atoms with Crippen LogP contribution in [0, 0.1) is 5.82 Å². The molecule has 0 radical (unpaired) electrons. The summed E-state index contributed by atoms with van der Waals surface area (Å²) in [5, 5.41) is 8.93. The number of amides is 1. The van der Waals surface area contributed by atoms with Gasteiger partial charge in [-0.15, -0.1) is 0 Å². The Bertz CT molecular complexity index is 573. The van der Waals surface area contributed by atoms with Gasteiger partial charge in [-0.05, 0) is 48.0 Å². The third kappa shape index (κ3) is 2.81. The van der Waals surface area contributed by atoms with Gasteiger partial charge in [0.25, 0.3) is 10.0 Å². The summed E-state index contributed by atoms with van der Waals surface area (Å²) < 4.78 is 37.5. The van der Waals surface area contributed by atoms with Crippen molar-refractivity contribution in [1.29, 1.82) is 0 Å². The van der Waals surface area contributed by atoms with E-state index in [9.17, 15) is 17.6 Å². The molecule has 0 heterocycles. The maximum atomic E-state index is 13.0. The van der Waals surface area contributed by atoms with Crippen LogP contribution >= 0.6 is 15.9 Å². The van der Waals surface area contributed by atoms with Gasteiger partial charge in [-0.2, -0.15) is 4.31 Å². The van der Waals surface area contributed by atoms with Crippen LogP contribution in [0.1, 0.15) is 13.8 Å². The minimum Gasteiger partial charge on any atom is -0.464 e. The maximum absolute atomic E-state index is 13.0. The predicted molar refractivity (Wildman–Crippen MR) is 66.3 cm³/mol. The fourth-order valence-electron chi connectivity index (χ4n) is 1.35. The van der Waals surface area contributed by atoms with Crippen LogP contribution in [0.5, 0.6) is 0 Å². The molecule has 0 saturated heterocycles.